The van der Waals surface area contributed by atoms with Crippen molar-refractivity contribution in [2.45, 2.75) is 13.0 Å². The fourth-order valence-corrected chi connectivity index (χ4v) is 2.53. The van der Waals surface area contributed by atoms with Gasteiger partial charge in [0.1, 0.15) is 6.61 Å². The molecule has 4 nitrogen and oxygen atoms in total. The van der Waals surface area contributed by atoms with Crippen molar-refractivity contribution in [2.75, 3.05) is 18.4 Å². The van der Waals surface area contributed by atoms with Gasteiger partial charge in [-0.15, -0.1) is 0 Å². The number of hydrogen-bond acceptors (Lipinski definition) is 3. The molecule has 2 aromatic rings. The van der Waals surface area contributed by atoms with Crippen LogP contribution in [0.4, 0.5) is 10.5 Å². The molecule has 4 heteroatoms. The molecule has 0 bridgehead atoms. The fraction of sp³-hybridized carbons (Fsp3) is 0.211. The predicted octanol–water partition coefficient (Wildman–Crippen LogP) is 3.81. The van der Waals surface area contributed by atoms with E-state index in [1.807, 2.05) is 54.6 Å². The molecule has 2 N–H and O–H groups in total. The average molecular weight is 308 g/mol. The maximum Gasteiger partial charge on any atom is 0.411 e. The lowest BCUT2D eigenvalue weighted by Gasteiger charge is -2.14. The molecule has 0 fully saturated rings. The van der Waals surface area contributed by atoms with Crippen molar-refractivity contribution in [3.63, 3.8) is 0 Å². The Morgan fingerprint density at radius 3 is 2.57 bits per heavy atom. The molecule has 0 unspecified atom stereocenters. The normalized spacial score (nSPS) is 14.0. The van der Waals surface area contributed by atoms with Gasteiger partial charge >= 0.3 is 6.09 Å². The Kier molecular flexibility index (Phi) is 5.06. The minimum absolute atomic E-state index is 0.268. The SMILES string of the molecule is O=C(Nc1ccc(C2=CCNCC2)cc1)OCc1ccccc1. The topological polar surface area (TPSA) is 50.4 Å². The first kappa shape index (κ1) is 15.3. The minimum atomic E-state index is -0.442. The molecule has 0 spiro atoms. The van der Waals surface area contributed by atoms with Crippen LogP contribution in [0.1, 0.15) is 17.5 Å². The van der Waals surface area contributed by atoms with Crippen molar-refractivity contribution in [2.24, 2.45) is 0 Å². The Hall–Kier alpha value is -2.59. The van der Waals surface area contributed by atoms with Crippen LogP contribution in [0.2, 0.25) is 0 Å². The van der Waals surface area contributed by atoms with Crippen molar-refractivity contribution in [3.8, 4) is 0 Å². The molecule has 118 valence electrons. The van der Waals surface area contributed by atoms with E-state index in [-0.39, 0.29) is 6.61 Å². The third kappa shape index (κ3) is 4.44. The molecule has 0 radical (unpaired) electrons. The summed E-state index contributed by atoms with van der Waals surface area (Å²) in [6, 6.07) is 17.5. The van der Waals surface area contributed by atoms with Gasteiger partial charge < -0.3 is 10.1 Å². The van der Waals surface area contributed by atoms with Gasteiger partial charge in [0.05, 0.1) is 0 Å². The molecule has 1 aliphatic rings. The first-order valence-electron chi connectivity index (χ1n) is 7.79. The Labute approximate surface area is 136 Å². The zero-order chi connectivity index (χ0) is 15.9. The number of hydrogen-bond donors (Lipinski definition) is 2. The molecule has 0 saturated carbocycles. The van der Waals surface area contributed by atoms with Crippen molar-refractivity contribution >= 4 is 17.4 Å². The standard InChI is InChI=1S/C19H20N2O2/c22-19(23-14-15-4-2-1-3-5-15)21-18-8-6-16(7-9-18)17-10-12-20-13-11-17/h1-10,20H,11-14H2,(H,21,22). The molecule has 2 aromatic carbocycles. The van der Waals surface area contributed by atoms with Crippen molar-refractivity contribution < 1.29 is 9.53 Å². The van der Waals surface area contributed by atoms with Crippen molar-refractivity contribution in [3.05, 3.63) is 71.8 Å². The lowest BCUT2D eigenvalue weighted by atomic mass is 10.0. The predicted molar refractivity (Wildman–Crippen MR) is 92.2 cm³/mol. The number of ether oxygens (including phenoxy) is 1. The van der Waals surface area contributed by atoms with Crippen molar-refractivity contribution in [1.82, 2.24) is 5.32 Å². The highest BCUT2D eigenvalue weighted by molar-refractivity contribution is 5.85. The van der Waals surface area contributed by atoms with Gasteiger partial charge in [-0.25, -0.2) is 4.79 Å². The van der Waals surface area contributed by atoms with E-state index in [9.17, 15) is 4.79 Å². The summed E-state index contributed by atoms with van der Waals surface area (Å²) in [7, 11) is 0. The molecule has 3 rings (SSSR count). The molecular weight excluding hydrogens is 288 g/mol. The van der Waals surface area contributed by atoms with Crippen molar-refractivity contribution in [1.29, 1.82) is 0 Å². The molecule has 1 amide bonds. The number of anilines is 1. The van der Waals surface area contributed by atoms with E-state index >= 15 is 0 Å². The maximum atomic E-state index is 11.8. The number of carbonyl (C=O) groups excluding carboxylic acids is 1. The summed E-state index contributed by atoms with van der Waals surface area (Å²) >= 11 is 0. The Morgan fingerprint density at radius 1 is 1.09 bits per heavy atom. The monoisotopic (exact) mass is 308 g/mol. The summed E-state index contributed by atoms with van der Waals surface area (Å²) in [4.78, 5) is 11.8. The van der Waals surface area contributed by atoms with Crippen LogP contribution in [0, 0.1) is 0 Å². The Bertz CT molecular complexity index is 678. The summed E-state index contributed by atoms with van der Waals surface area (Å²) in [5.41, 5.74) is 4.26. The first-order valence-corrected chi connectivity index (χ1v) is 7.79. The molecule has 0 saturated heterocycles. The largest absolute Gasteiger partial charge is 0.444 e. The van der Waals surface area contributed by atoms with Gasteiger partial charge in [0.25, 0.3) is 0 Å². The van der Waals surface area contributed by atoms with E-state index in [0.29, 0.717) is 0 Å². The van der Waals surface area contributed by atoms with Crippen LogP contribution in [0.3, 0.4) is 0 Å². The summed E-state index contributed by atoms with van der Waals surface area (Å²) in [6.45, 7) is 2.20. The molecule has 23 heavy (non-hydrogen) atoms. The fourth-order valence-electron chi connectivity index (χ4n) is 2.53. The summed E-state index contributed by atoms with van der Waals surface area (Å²) < 4.78 is 5.21. The first-order chi connectivity index (χ1) is 11.3. The van der Waals surface area contributed by atoms with Crippen LogP contribution in [-0.2, 0) is 11.3 Å². The van der Waals surface area contributed by atoms with E-state index in [1.165, 1.54) is 11.1 Å². The maximum absolute atomic E-state index is 11.8. The summed E-state index contributed by atoms with van der Waals surface area (Å²) in [5, 5.41) is 6.05. The van der Waals surface area contributed by atoms with E-state index in [0.717, 1.165) is 30.8 Å². The zero-order valence-electron chi connectivity index (χ0n) is 12.9. The second-order valence-corrected chi connectivity index (χ2v) is 5.45. The van der Waals surface area contributed by atoms with Gasteiger partial charge in [0.2, 0.25) is 0 Å². The second kappa shape index (κ2) is 7.61. The van der Waals surface area contributed by atoms with Gasteiger partial charge in [-0.3, -0.25) is 5.32 Å². The zero-order valence-corrected chi connectivity index (χ0v) is 12.9. The van der Waals surface area contributed by atoms with Crippen LogP contribution >= 0.6 is 0 Å². The van der Waals surface area contributed by atoms with Crippen LogP contribution < -0.4 is 10.6 Å². The quantitative estimate of drug-likeness (QED) is 0.903. The van der Waals surface area contributed by atoms with Gasteiger partial charge in [-0.05, 0) is 41.8 Å². The summed E-state index contributed by atoms with van der Waals surface area (Å²) in [6.07, 6.45) is 2.80. The van der Waals surface area contributed by atoms with Gasteiger partial charge in [-0.1, -0.05) is 48.5 Å². The number of rotatable bonds is 4. The minimum Gasteiger partial charge on any atom is -0.444 e. The van der Waals surface area contributed by atoms with E-state index < -0.39 is 6.09 Å². The molecule has 1 aliphatic heterocycles. The number of carbonyl (C=O) groups is 1. The Morgan fingerprint density at radius 2 is 1.87 bits per heavy atom. The molecular formula is C19H20N2O2. The van der Waals surface area contributed by atoms with Crippen LogP contribution in [0.25, 0.3) is 5.57 Å². The van der Waals surface area contributed by atoms with E-state index in [4.69, 9.17) is 4.74 Å². The molecule has 0 atom stereocenters. The van der Waals surface area contributed by atoms with Gasteiger partial charge in [0, 0.05) is 12.2 Å². The average Bonchev–Trinajstić information content (AvgIpc) is 2.62. The summed E-state index contributed by atoms with van der Waals surface area (Å²) in [5.74, 6) is 0. The third-order valence-corrected chi connectivity index (χ3v) is 3.78. The van der Waals surface area contributed by atoms with Crippen LogP contribution in [0.5, 0.6) is 0 Å². The highest BCUT2D eigenvalue weighted by Crippen LogP contribution is 2.21. The molecule has 0 aliphatic carbocycles. The molecule has 1 heterocycles. The van der Waals surface area contributed by atoms with Crippen LogP contribution in [-0.4, -0.2) is 19.2 Å². The van der Waals surface area contributed by atoms with Gasteiger partial charge in [0.15, 0.2) is 0 Å². The van der Waals surface area contributed by atoms with E-state index in [2.05, 4.69) is 16.7 Å². The lowest BCUT2D eigenvalue weighted by molar-refractivity contribution is 0.155. The lowest BCUT2D eigenvalue weighted by Crippen LogP contribution is -2.20. The van der Waals surface area contributed by atoms with E-state index in [1.54, 1.807) is 0 Å². The number of amides is 1. The second-order valence-electron chi connectivity index (χ2n) is 5.45. The number of nitrogens with one attached hydrogen (secondary N) is 2. The highest BCUT2D eigenvalue weighted by Gasteiger charge is 2.07. The number of benzene rings is 2. The highest BCUT2D eigenvalue weighted by atomic mass is 16.5. The smallest absolute Gasteiger partial charge is 0.411 e. The Balaban J connectivity index is 1.53. The van der Waals surface area contributed by atoms with Crippen LogP contribution in [0.15, 0.2) is 60.7 Å². The third-order valence-electron chi connectivity index (χ3n) is 3.78. The van der Waals surface area contributed by atoms with Gasteiger partial charge in [-0.2, -0.15) is 0 Å². The molecule has 0 aromatic heterocycles.